The summed E-state index contributed by atoms with van der Waals surface area (Å²) in [5, 5.41) is 8.69. The van der Waals surface area contributed by atoms with E-state index in [0.29, 0.717) is 25.0 Å². The molecule has 2 saturated carbocycles. The fourth-order valence-electron chi connectivity index (χ4n) is 3.05. The maximum atomic E-state index is 10.6. The van der Waals surface area contributed by atoms with E-state index in [1.807, 2.05) is 0 Å². The molecule has 0 atom stereocenters. The fraction of sp³-hybridized carbons (Fsp3) is 0.895. The van der Waals surface area contributed by atoms with Crippen LogP contribution in [0, 0.1) is 11.8 Å². The van der Waals surface area contributed by atoms with Crippen LogP contribution in [0.2, 0.25) is 0 Å². The first-order valence-electron chi connectivity index (χ1n) is 9.50. The van der Waals surface area contributed by atoms with E-state index in [2.05, 4.69) is 14.2 Å². The first-order valence-corrected chi connectivity index (χ1v) is 9.50. The molecule has 0 saturated heterocycles. The average Bonchev–Trinajstić information content (AvgIpc) is 2.73. The molecule has 26 heavy (non-hydrogen) atoms. The summed E-state index contributed by atoms with van der Waals surface area (Å²) in [6.07, 6.45) is 11.6. The molecule has 0 aliphatic heterocycles. The Morgan fingerprint density at radius 3 is 1.46 bits per heavy atom. The number of rotatable bonds is 3. The number of aliphatic hydroxyl groups excluding tert-OH is 1. The second kappa shape index (κ2) is 16.9. The zero-order valence-electron chi connectivity index (χ0n) is 16.5. The Morgan fingerprint density at radius 2 is 1.15 bits per heavy atom. The maximum Gasteiger partial charge on any atom is 0.507 e. The van der Waals surface area contributed by atoms with Gasteiger partial charge in [-0.25, -0.2) is 9.59 Å². The summed E-state index contributed by atoms with van der Waals surface area (Å²) in [7, 11) is 3.85. The van der Waals surface area contributed by atoms with Crippen molar-refractivity contribution in [1.29, 1.82) is 0 Å². The van der Waals surface area contributed by atoms with Gasteiger partial charge in [0.15, 0.2) is 0 Å². The Morgan fingerprint density at radius 1 is 0.731 bits per heavy atom. The number of carbonyl (C=O) groups is 2. The molecule has 0 amide bonds. The third kappa shape index (κ3) is 13.8. The van der Waals surface area contributed by atoms with Gasteiger partial charge in [-0.05, 0) is 37.5 Å². The van der Waals surface area contributed by atoms with E-state index in [1.165, 1.54) is 85.5 Å². The lowest BCUT2D eigenvalue weighted by Gasteiger charge is -2.20. The molecule has 0 unspecified atom stereocenters. The topological polar surface area (TPSA) is 91.3 Å². The van der Waals surface area contributed by atoms with Gasteiger partial charge in [0.2, 0.25) is 0 Å². The van der Waals surface area contributed by atoms with Crippen molar-refractivity contribution in [2.45, 2.75) is 64.2 Å². The number of carbonyl (C=O) groups excluding carboxylic acids is 2. The van der Waals surface area contributed by atoms with Crippen LogP contribution in [0.4, 0.5) is 9.59 Å². The van der Waals surface area contributed by atoms with Crippen molar-refractivity contribution >= 4 is 12.3 Å². The number of ether oxygens (including phenoxy) is 4. The van der Waals surface area contributed by atoms with Crippen LogP contribution in [0.3, 0.4) is 0 Å². The van der Waals surface area contributed by atoms with Crippen LogP contribution in [0.25, 0.3) is 0 Å². The molecule has 1 N–H and O–H groups in total. The van der Waals surface area contributed by atoms with Gasteiger partial charge in [-0.2, -0.15) is 0 Å². The minimum atomic E-state index is -0.657. The highest BCUT2D eigenvalue weighted by Crippen LogP contribution is 2.23. The monoisotopic (exact) mass is 376 g/mol. The van der Waals surface area contributed by atoms with E-state index in [0.717, 1.165) is 0 Å². The molecule has 7 heteroatoms. The minimum absolute atomic E-state index is 0.417. The molecule has 0 spiro atoms. The first-order chi connectivity index (χ1) is 12.6. The smallest absolute Gasteiger partial charge is 0.438 e. The summed E-state index contributed by atoms with van der Waals surface area (Å²) in [5.41, 5.74) is 0. The molecule has 0 heterocycles. The highest BCUT2D eigenvalue weighted by molar-refractivity contribution is 5.59. The largest absolute Gasteiger partial charge is 0.507 e. The van der Waals surface area contributed by atoms with Gasteiger partial charge in [-0.3, -0.25) is 0 Å². The van der Waals surface area contributed by atoms with E-state index in [4.69, 9.17) is 9.84 Å². The van der Waals surface area contributed by atoms with Crippen molar-refractivity contribution in [3.8, 4) is 0 Å². The molecule has 0 bridgehead atoms. The maximum absolute atomic E-state index is 10.6. The highest BCUT2D eigenvalue weighted by Gasteiger charge is 2.15. The first kappa shape index (κ1) is 24.5. The number of methoxy groups -OCH3 is 3. The minimum Gasteiger partial charge on any atom is -0.438 e. The fourth-order valence-corrected chi connectivity index (χ4v) is 3.05. The summed E-state index contributed by atoms with van der Waals surface area (Å²) >= 11 is 0. The number of hydrogen-bond acceptors (Lipinski definition) is 7. The van der Waals surface area contributed by atoms with Gasteiger partial charge in [0.05, 0.1) is 27.9 Å². The third-order valence-corrected chi connectivity index (χ3v) is 4.64. The molecule has 7 nitrogen and oxygen atoms in total. The zero-order valence-corrected chi connectivity index (χ0v) is 16.5. The van der Waals surface area contributed by atoms with Crippen LogP contribution >= 0.6 is 0 Å². The normalized spacial score (nSPS) is 17.5. The van der Waals surface area contributed by atoms with E-state index >= 15 is 0 Å². The van der Waals surface area contributed by atoms with Crippen LogP contribution in [0.15, 0.2) is 0 Å². The lowest BCUT2D eigenvalue weighted by atomic mass is 9.90. The second-order valence-corrected chi connectivity index (χ2v) is 6.61. The summed E-state index contributed by atoms with van der Waals surface area (Å²) < 4.78 is 17.3. The third-order valence-electron chi connectivity index (χ3n) is 4.64. The Balaban J connectivity index is 0.000000388. The molecule has 2 rings (SSSR count). The molecule has 0 radical (unpaired) electrons. The van der Waals surface area contributed by atoms with E-state index in [9.17, 15) is 9.59 Å². The molecule has 2 aliphatic rings. The van der Waals surface area contributed by atoms with Crippen LogP contribution < -0.4 is 0 Å². The SMILES string of the molecule is COC(=O)OC.COC(=O)OCC1CCCCC1.OCC1CCCCC1. The summed E-state index contributed by atoms with van der Waals surface area (Å²) in [4.78, 5) is 20.3. The van der Waals surface area contributed by atoms with Gasteiger partial charge in [0.1, 0.15) is 0 Å². The van der Waals surface area contributed by atoms with Gasteiger partial charge in [-0.15, -0.1) is 0 Å². The van der Waals surface area contributed by atoms with Gasteiger partial charge in [0, 0.05) is 6.61 Å². The average molecular weight is 376 g/mol. The molecular weight excluding hydrogens is 340 g/mol. The molecule has 0 aromatic heterocycles. The molecule has 2 aliphatic carbocycles. The van der Waals surface area contributed by atoms with Crippen LogP contribution in [0.5, 0.6) is 0 Å². The molecular formula is C19H36O7. The van der Waals surface area contributed by atoms with Crippen LogP contribution in [0.1, 0.15) is 64.2 Å². The Hall–Kier alpha value is -1.50. The van der Waals surface area contributed by atoms with Gasteiger partial charge < -0.3 is 24.1 Å². The predicted molar refractivity (Wildman–Crippen MR) is 98.0 cm³/mol. The number of hydrogen-bond donors (Lipinski definition) is 1. The van der Waals surface area contributed by atoms with Gasteiger partial charge in [0.25, 0.3) is 0 Å². The van der Waals surface area contributed by atoms with Gasteiger partial charge >= 0.3 is 12.3 Å². The van der Waals surface area contributed by atoms with Crippen molar-refractivity contribution in [3.63, 3.8) is 0 Å². The summed E-state index contributed by atoms with van der Waals surface area (Å²) in [6, 6.07) is 0. The van der Waals surface area contributed by atoms with E-state index in [-0.39, 0.29) is 0 Å². The van der Waals surface area contributed by atoms with E-state index in [1.54, 1.807) is 0 Å². The van der Waals surface area contributed by atoms with Crippen molar-refractivity contribution in [3.05, 3.63) is 0 Å². The van der Waals surface area contributed by atoms with Crippen LogP contribution in [-0.4, -0.2) is 52.0 Å². The van der Waals surface area contributed by atoms with E-state index < -0.39 is 12.3 Å². The van der Waals surface area contributed by atoms with Crippen molar-refractivity contribution in [2.75, 3.05) is 34.5 Å². The lowest BCUT2D eigenvalue weighted by Crippen LogP contribution is -2.16. The zero-order chi connectivity index (χ0) is 19.6. The van der Waals surface area contributed by atoms with Crippen molar-refractivity contribution in [1.82, 2.24) is 0 Å². The Kier molecular flexibility index (Phi) is 16.0. The summed E-state index contributed by atoms with van der Waals surface area (Å²) in [5.74, 6) is 1.21. The highest BCUT2D eigenvalue weighted by atomic mass is 16.7. The van der Waals surface area contributed by atoms with Crippen LogP contribution in [-0.2, 0) is 18.9 Å². The second-order valence-electron chi connectivity index (χ2n) is 6.61. The molecule has 0 aromatic carbocycles. The molecule has 2 fully saturated rings. The Labute approximate surface area is 157 Å². The summed E-state index contributed by atoms with van der Waals surface area (Å²) in [6.45, 7) is 0.951. The standard InChI is InChI=1S/C9H16O3.C7H14O.C3H6O3/c1-11-9(10)12-7-8-5-3-2-4-6-8;8-6-7-4-2-1-3-5-7;1-5-3(4)6-2/h8H,2-7H2,1H3;7-8H,1-6H2;1-2H3. The number of aliphatic hydroxyl groups is 1. The van der Waals surface area contributed by atoms with Crippen molar-refractivity contribution < 1.29 is 33.6 Å². The predicted octanol–water partition coefficient (Wildman–Crippen LogP) is 4.31. The molecule has 0 aromatic rings. The molecule has 154 valence electrons. The van der Waals surface area contributed by atoms with Gasteiger partial charge in [-0.1, -0.05) is 38.5 Å². The quantitative estimate of drug-likeness (QED) is 0.734. The lowest BCUT2D eigenvalue weighted by molar-refractivity contribution is 0.0545. The Bertz CT molecular complexity index is 342. The van der Waals surface area contributed by atoms with Crippen molar-refractivity contribution in [2.24, 2.45) is 11.8 Å².